The zero-order valence-corrected chi connectivity index (χ0v) is 23.3. The minimum absolute atomic E-state index is 0.205. The fourth-order valence-electron chi connectivity index (χ4n) is 5.82. The second-order valence-electron chi connectivity index (χ2n) is 10.8. The number of fused-ring (bicyclic) bond motifs is 1. The van der Waals surface area contributed by atoms with Crippen molar-refractivity contribution in [3.8, 4) is 0 Å². The maximum absolute atomic E-state index is 13.5. The van der Waals surface area contributed by atoms with Gasteiger partial charge in [-0.3, -0.25) is 14.6 Å². The van der Waals surface area contributed by atoms with Crippen LogP contribution in [0.3, 0.4) is 0 Å². The first-order valence-electron chi connectivity index (χ1n) is 13.8. The van der Waals surface area contributed by atoms with Crippen LogP contribution in [0, 0.1) is 19.8 Å². The van der Waals surface area contributed by atoms with Gasteiger partial charge in [-0.2, -0.15) is 13.2 Å². The molecule has 1 aliphatic carbocycles. The van der Waals surface area contributed by atoms with E-state index in [-0.39, 0.29) is 5.91 Å². The zero-order valence-electron chi connectivity index (χ0n) is 23.3. The number of aromatic nitrogens is 3. The van der Waals surface area contributed by atoms with E-state index < -0.39 is 29.4 Å². The molecule has 0 bridgehead atoms. The molecule has 1 aromatic carbocycles. The lowest BCUT2D eigenvalue weighted by Gasteiger charge is -2.33. The normalized spacial score (nSPS) is 17.3. The Morgan fingerprint density at radius 3 is 2.54 bits per heavy atom. The van der Waals surface area contributed by atoms with E-state index in [4.69, 9.17) is 0 Å². The van der Waals surface area contributed by atoms with Crippen molar-refractivity contribution >= 4 is 17.6 Å². The van der Waals surface area contributed by atoms with Crippen LogP contribution < -0.4 is 10.2 Å². The highest BCUT2D eigenvalue weighted by Crippen LogP contribution is 2.38. The highest BCUT2D eigenvalue weighted by atomic mass is 19.4. The number of alkyl halides is 3. The third-order valence-electron chi connectivity index (χ3n) is 7.99. The molecule has 2 aliphatic rings. The molecule has 8 nitrogen and oxygen atoms in total. The Labute approximate surface area is 237 Å². The number of hydrogen-bond acceptors (Lipinski definition) is 6. The topological polar surface area (TPSA) is 91.3 Å². The van der Waals surface area contributed by atoms with Gasteiger partial charge in [0.1, 0.15) is 11.6 Å². The predicted octanol–water partition coefficient (Wildman–Crippen LogP) is 4.91. The number of nitrogens with one attached hydrogen (secondary N) is 1. The second kappa shape index (κ2) is 11.5. The van der Waals surface area contributed by atoms with Crippen molar-refractivity contribution in [2.24, 2.45) is 5.92 Å². The highest BCUT2D eigenvalue weighted by molar-refractivity contribution is 5.96. The SMILES string of the molecule is Cc1cc(N2CCC(CNC(=O)c3ccc4c(c3)[C@H](N(C)C(=O)c3cccnc3C(F)(F)F)CC4)CC2)nc(C)n1. The van der Waals surface area contributed by atoms with Crippen LogP contribution in [0.5, 0.6) is 0 Å². The molecule has 5 rings (SSSR count). The Bertz CT molecular complexity index is 1430. The Balaban J connectivity index is 1.21. The Morgan fingerprint density at radius 2 is 1.83 bits per heavy atom. The molecule has 216 valence electrons. The molecule has 0 unspecified atom stereocenters. The number of benzene rings is 1. The second-order valence-corrected chi connectivity index (χ2v) is 10.8. The maximum atomic E-state index is 13.5. The van der Waals surface area contributed by atoms with Gasteiger partial charge in [-0.05, 0) is 80.8 Å². The van der Waals surface area contributed by atoms with E-state index in [1.165, 1.54) is 18.0 Å². The molecule has 1 aliphatic heterocycles. The van der Waals surface area contributed by atoms with Gasteiger partial charge < -0.3 is 15.1 Å². The molecule has 1 fully saturated rings. The van der Waals surface area contributed by atoms with Crippen LogP contribution in [0.25, 0.3) is 0 Å². The minimum atomic E-state index is -4.74. The molecule has 1 saturated heterocycles. The van der Waals surface area contributed by atoms with Crippen LogP contribution in [0.1, 0.15) is 74.4 Å². The summed E-state index contributed by atoms with van der Waals surface area (Å²) in [5.41, 5.74) is 1.50. The van der Waals surface area contributed by atoms with Crippen LogP contribution in [-0.4, -0.2) is 58.3 Å². The number of aryl methyl sites for hydroxylation is 3. The van der Waals surface area contributed by atoms with Gasteiger partial charge in [0.15, 0.2) is 5.69 Å². The summed E-state index contributed by atoms with van der Waals surface area (Å²) in [6.45, 7) is 6.10. The monoisotopic (exact) mass is 566 g/mol. The molecule has 1 atom stereocenters. The molecule has 2 amide bonds. The van der Waals surface area contributed by atoms with Gasteiger partial charge in [-0.1, -0.05) is 6.07 Å². The number of rotatable bonds is 6. The Hall–Kier alpha value is -4.02. The molecule has 0 spiro atoms. The smallest absolute Gasteiger partial charge is 0.356 e. The fraction of sp³-hybridized carbons (Fsp3) is 0.433. The van der Waals surface area contributed by atoms with E-state index in [0.29, 0.717) is 30.9 Å². The van der Waals surface area contributed by atoms with Gasteiger partial charge in [0.2, 0.25) is 0 Å². The van der Waals surface area contributed by atoms with E-state index >= 15 is 0 Å². The van der Waals surface area contributed by atoms with Crippen LogP contribution in [0.4, 0.5) is 19.0 Å². The number of carbonyl (C=O) groups is 2. The van der Waals surface area contributed by atoms with Crippen molar-refractivity contribution in [1.82, 2.24) is 25.2 Å². The molecule has 41 heavy (non-hydrogen) atoms. The summed E-state index contributed by atoms with van der Waals surface area (Å²) >= 11 is 0. The van der Waals surface area contributed by atoms with E-state index in [9.17, 15) is 22.8 Å². The third kappa shape index (κ3) is 6.18. The van der Waals surface area contributed by atoms with Gasteiger partial charge in [0.25, 0.3) is 11.8 Å². The molecule has 0 saturated carbocycles. The lowest BCUT2D eigenvalue weighted by atomic mass is 9.96. The Kier molecular flexibility index (Phi) is 7.97. The molecule has 11 heteroatoms. The standard InChI is InChI=1S/C30H33F3N6O2/c1-18-15-26(37-19(2)36-18)39-13-10-20(11-14-39)17-35-28(40)22-7-6-21-8-9-25(24(21)16-22)38(3)29(41)23-5-4-12-34-27(23)30(31,32)33/h4-7,12,15-16,20,25H,8-11,13-14,17H2,1-3H3,(H,35,40)/t25-/m1/s1. The first-order valence-corrected chi connectivity index (χ1v) is 13.8. The lowest BCUT2D eigenvalue weighted by molar-refractivity contribution is -0.141. The number of nitrogens with zero attached hydrogens (tertiary/aromatic N) is 5. The van der Waals surface area contributed by atoms with Crippen molar-refractivity contribution < 1.29 is 22.8 Å². The molecular formula is C30H33F3N6O2. The summed E-state index contributed by atoms with van der Waals surface area (Å²) in [5.74, 6) is 1.07. The fourth-order valence-corrected chi connectivity index (χ4v) is 5.82. The van der Waals surface area contributed by atoms with Gasteiger partial charge >= 0.3 is 6.18 Å². The highest BCUT2D eigenvalue weighted by Gasteiger charge is 2.39. The van der Waals surface area contributed by atoms with Crippen molar-refractivity contribution in [1.29, 1.82) is 0 Å². The third-order valence-corrected chi connectivity index (χ3v) is 7.99. The quantitative estimate of drug-likeness (QED) is 0.456. The summed E-state index contributed by atoms with van der Waals surface area (Å²) in [4.78, 5) is 42.1. The number of amides is 2. The summed E-state index contributed by atoms with van der Waals surface area (Å²) < 4.78 is 40.4. The van der Waals surface area contributed by atoms with Crippen LogP contribution in [0.2, 0.25) is 0 Å². The number of carbonyl (C=O) groups excluding carboxylic acids is 2. The molecule has 3 aromatic rings. The van der Waals surface area contributed by atoms with Crippen LogP contribution in [-0.2, 0) is 12.6 Å². The summed E-state index contributed by atoms with van der Waals surface area (Å²) in [7, 11) is 1.50. The van der Waals surface area contributed by atoms with Crippen LogP contribution >= 0.6 is 0 Å². The largest absolute Gasteiger partial charge is 0.434 e. The predicted molar refractivity (Wildman–Crippen MR) is 148 cm³/mol. The summed E-state index contributed by atoms with van der Waals surface area (Å²) in [6.07, 6.45) is -0.627. The summed E-state index contributed by atoms with van der Waals surface area (Å²) in [6, 6.07) is 9.43. The average molecular weight is 567 g/mol. The number of halogens is 3. The molecular weight excluding hydrogens is 533 g/mol. The van der Waals surface area contributed by atoms with Gasteiger partial charge in [0.05, 0.1) is 11.6 Å². The molecule has 3 heterocycles. The number of pyridine rings is 1. The van der Waals surface area contributed by atoms with E-state index in [1.54, 1.807) is 12.1 Å². The lowest BCUT2D eigenvalue weighted by Crippen LogP contribution is -2.39. The minimum Gasteiger partial charge on any atom is -0.356 e. The number of hydrogen-bond donors (Lipinski definition) is 1. The van der Waals surface area contributed by atoms with Crippen molar-refractivity contribution in [2.75, 3.05) is 31.6 Å². The van der Waals surface area contributed by atoms with Crippen LogP contribution in [0.15, 0.2) is 42.6 Å². The summed E-state index contributed by atoms with van der Waals surface area (Å²) in [5, 5.41) is 3.05. The Morgan fingerprint density at radius 1 is 1.07 bits per heavy atom. The number of piperidine rings is 1. The zero-order chi connectivity index (χ0) is 29.3. The number of anilines is 1. The van der Waals surface area contributed by atoms with Crippen molar-refractivity contribution in [2.45, 2.75) is 51.7 Å². The molecule has 0 radical (unpaired) electrons. The van der Waals surface area contributed by atoms with Crippen molar-refractivity contribution in [3.63, 3.8) is 0 Å². The maximum Gasteiger partial charge on any atom is 0.434 e. The van der Waals surface area contributed by atoms with Gasteiger partial charge in [0, 0.05) is 50.2 Å². The molecule has 2 aromatic heterocycles. The first kappa shape index (κ1) is 28.5. The van der Waals surface area contributed by atoms with Gasteiger partial charge in [-0.25, -0.2) is 9.97 Å². The average Bonchev–Trinajstić information content (AvgIpc) is 3.38. The van der Waals surface area contributed by atoms with Crippen molar-refractivity contribution in [3.05, 3.63) is 82.1 Å². The molecule has 1 N–H and O–H groups in total. The first-order chi connectivity index (χ1) is 19.5. The van der Waals surface area contributed by atoms with E-state index in [0.717, 1.165) is 66.7 Å². The van der Waals surface area contributed by atoms with Gasteiger partial charge in [-0.15, -0.1) is 0 Å². The van der Waals surface area contributed by atoms with E-state index in [2.05, 4.69) is 25.2 Å². The van der Waals surface area contributed by atoms with E-state index in [1.807, 2.05) is 26.0 Å².